The molecule has 3 N–H and O–H groups in total. The van der Waals surface area contributed by atoms with Gasteiger partial charge in [0.05, 0.1) is 19.3 Å². The Hall–Kier alpha value is -0.650. The van der Waals surface area contributed by atoms with Crippen LogP contribution in [0.5, 0.6) is 0 Å². The Morgan fingerprint density at radius 2 is 2.42 bits per heavy atom. The van der Waals surface area contributed by atoms with Crippen LogP contribution in [0.1, 0.15) is 6.92 Å². The lowest BCUT2D eigenvalue weighted by atomic mass is 10.0. The molecule has 0 bridgehead atoms. The molecule has 0 aromatic rings. The zero-order chi connectivity index (χ0) is 8.97. The third-order valence-electron chi connectivity index (χ3n) is 1.94. The normalized spacial score (nSPS) is 28.8. The number of hydroxylamine groups is 1. The van der Waals surface area contributed by atoms with Crippen molar-refractivity contribution in [2.24, 2.45) is 5.92 Å². The highest BCUT2D eigenvalue weighted by atomic mass is 16.5. The molecule has 0 aliphatic carbocycles. The van der Waals surface area contributed by atoms with E-state index >= 15 is 0 Å². The van der Waals surface area contributed by atoms with Crippen LogP contribution in [0.15, 0.2) is 0 Å². The number of hydrogen-bond donors (Lipinski definition) is 3. The summed E-state index contributed by atoms with van der Waals surface area (Å²) in [5.41, 5.74) is 2.08. The van der Waals surface area contributed by atoms with E-state index in [0.29, 0.717) is 19.8 Å². The summed E-state index contributed by atoms with van der Waals surface area (Å²) < 4.78 is 5.16. The molecule has 1 aliphatic rings. The summed E-state index contributed by atoms with van der Waals surface area (Å²) in [7, 11) is 0. The smallest absolute Gasteiger partial charge is 0.217 e. The number of ether oxygens (including phenoxy) is 1. The fraction of sp³-hybridized carbons (Fsp3) is 0.857. The predicted octanol–water partition coefficient (Wildman–Crippen LogP) is -0.884. The van der Waals surface area contributed by atoms with Crippen LogP contribution in [0.3, 0.4) is 0 Å². The number of amides is 1. The van der Waals surface area contributed by atoms with Crippen molar-refractivity contribution in [2.45, 2.75) is 13.0 Å². The minimum atomic E-state index is -0.0616. The summed E-state index contributed by atoms with van der Waals surface area (Å²) >= 11 is 0. The van der Waals surface area contributed by atoms with Crippen molar-refractivity contribution < 1.29 is 14.7 Å². The molecule has 0 spiro atoms. The van der Waals surface area contributed by atoms with Gasteiger partial charge in [-0.05, 0) is 0 Å². The van der Waals surface area contributed by atoms with Gasteiger partial charge < -0.3 is 15.3 Å². The molecular weight excluding hydrogens is 160 g/mol. The Bertz CT molecular complexity index is 163. The molecule has 5 nitrogen and oxygen atoms in total. The van der Waals surface area contributed by atoms with Crippen LogP contribution in [0.4, 0.5) is 0 Å². The van der Waals surface area contributed by atoms with Gasteiger partial charge in [0.1, 0.15) is 0 Å². The lowest BCUT2D eigenvalue weighted by Crippen LogP contribution is -2.41. The Labute approximate surface area is 71.0 Å². The summed E-state index contributed by atoms with van der Waals surface area (Å²) in [6, 6.07) is 0.0298. The summed E-state index contributed by atoms with van der Waals surface area (Å²) in [5.74, 6) is 0.104. The molecule has 1 saturated heterocycles. The second kappa shape index (κ2) is 4.39. The van der Waals surface area contributed by atoms with E-state index in [9.17, 15) is 4.79 Å². The molecule has 12 heavy (non-hydrogen) atoms. The van der Waals surface area contributed by atoms with E-state index in [0.717, 1.165) is 0 Å². The summed E-state index contributed by atoms with van der Waals surface area (Å²) in [5, 5.41) is 11.2. The molecule has 70 valence electrons. The molecule has 0 aromatic heterocycles. The van der Waals surface area contributed by atoms with Gasteiger partial charge in [-0.2, -0.15) is 0 Å². The Morgan fingerprint density at radius 3 is 3.00 bits per heavy atom. The SMILES string of the molecule is CC(=O)NC1COCC1CNO. The largest absolute Gasteiger partial charge is 0.379 e. The zero-order valence-electron chi connectivity index (χ0n) is 7.04. The first-order valence-corrected chi connectivity index (χ1v) is 3.96. The Kier molecular flexibility index (Phi) is 3.46. The molecular formula is C7H14N2O3. The lowest BCUT2D eigenvalue weighted by Gasteiger charge is -2.16. The van der Waals surface area contributed by atoms with E-state index in [1.165, 1.54) is 6.92 Å². The van der Waals surface area contributed by atoms with Gasteiger partial charge in [0.25, 0.3) is 0 Å². The first kappa shape index (κ1) is 9.44. The van der Waals surface area contributed by atoms with Crippen LogP contribution in [0.25, 0.3) is 0 Å². The first-order chi connectivity index (χ1) is 5.74. The number of carbonyl (C=O) groups excluding carboxylic acids is 1. The van der Waals surface area contributed by atoms with E-state index in [-0.39, 0.29) is 17.9 Å². The second-order valence-corrected chi connectivity index (χ2v) is 2.97. The number of rotatable bonds is 3. The summed E-state index contributed by atoms with van der Waals surface area (Å²) in [6.07, 6.45) is 0. The maximum atomic E-state index is 10.7. The zero-order valence-corrected chi connectivity index (χ0v) is 7.04. The molecule has 0 aromatic carbocycles. The van der Waals surface area contributed by atoms with Crippen molar-refractivity contribution in [1.29, 1.82) is 0 Å². The molecule has 1 aliphatic heterocycles. The van der Waals surface area contributed by atoms with Gasteiger partial charge in [0.15, 0.2) is 0 Å². The first-order valence-electron chi connectivity index (χ1n) is 3.96. The molecule has 1 heterocycles. The Balaban J connectivity index is 2.35. The third kappa shape index (κ3) is 2.44. The third-order valence-corrected chi connectivity index (χ3v) is 1.94. The molecule has 0 saturated carbocycles. The maximum Gasteiger partial charge on any atom is 0.217 e. The van der Waals surface area contributed by atoms with E-state index in [1.54, 1.807) is 0 Å². The van der Waals surface area contributed by atoms with Gasteiger partial charge in [-0.3, -0.25) is 4.79 Å². The van der Waals surface area contributed by atoms with Gasteiger partial charge >= 0.3 is 0 Å². The van der Waals surface area contributed by atoms with Gasteiger partial charge in [-0.15, -0.1) is 0 Å². The van der Waals surface area contributed by atoms with Crippen LogP contribution in [0, 0.1) is 5.92 Å². The van der Waals surface area contributed by atoms with Crippen LogP contribution in [0.2, 0.25) is 0 Å². The van der Waals surface area contributed by atoms with Gasteiger partial charge in [-0.25, -0.2) is 5.48 Å². The van der Waals surface area contributed by atoms with E-state index in [1.807, 2.05) is 0 Å². The lowest BCUT2D eigenvalue weighted by molar-refractivity contribution is -0.119. The molecule has 5 heteroatoms. The molecule has 2 unspecified atom stereocenters. The van der Waals surface area contributed by atoms with E-state index < -0.39 is 0 Å². The molecule has 2 atom stereocenters. The number of nitrogens with one attached hydrogen (secondary N) is 2. The average Bonchev–Trinajstić information content (AvgIpc) is 2.37. The van der Waals surface area contributed by atoms with Gasteiger partial charge in [0, 0.05) is 19.4 Å². The minimum Gasteiger partial charge on any atom is -0.379 e. The summed E-state index contributed by atoms with van der Waals surface area (Å²) in [6.45, 7) is 3.04. The van der Waals surface area contributed by atoms with E-state index in [4.69, 9.17) is 9.94 Å². The van der Waals surface area contributed by atoms with Gasteiger partial charge in [-0.1, -0.05) is 0 Å². The van der Waals surface area contributed by atoms with Crippen molar-refractivity contribution in [3.05, 3.63) is 0 Å². The van der Waals surface area contributed by atoms with Crippen molar-refractivity contribution in [2.75, 3.05) is 19.8 Å². The monoisotopic (exact) mass is 174 g/mol. The van der Waals surface area contributed by atoms with Crippen molar-refractivity contribution in [1.82, 2.24) is 10.8 Å². The van der Waals surface area contributed by atoms with Crippen molar-refractivity contribution in [3.8, 4) is 0 Å². The highest BCUT2D eigenvalue weighted by molar-refractivity contribution is 5.73. The van der Waals surface area contributed by atoms with Crippen LogP contribution < -0.4 is 10.8 Å². The fourth-order valence-corrected chi connectivity index (χ4v) is 1.34. The molecule has 1 rings (SSSR count). The quantitative estimate of drug-likeness (QED) is 0.486. The van der Waals surface area contributed by atoms with Crippen LogP contribution in [-0.4, -0.2) is 36.9 Å². The number of carbonyl (C=O) groups is 1. The molecule has 1 fully saturated rings. The van der Waals surface area contributed by atoms with Gasteiger partial charge in [0.2, 0.25) is 5.91 Å². The van der Waals surface area contributed by atoms with Crippen LogP contribution >= 0.6 is 0 Å². The standard InChI is InChI=1S/C7H14N2O3/c1-5(10)9-7-4-12-3-6(7)2-8-11/h6-8,11H,2-4H2,1H3,(H,9,10). The predicted molar refractivity (Wildman–Crippen MR) is 41.7 cm³/mol. The number of hydrogen-bond acceptors (Lipinski definition) is 4. The Morgan fingerprint density at radius 1 is 1.67 bits per heavy atom. The maximum absolute atomic E-state index is 10.7. The van der Waals surface area contributed by atoms with Crippen molar-refractivity contribution in [3.63, 3.8) is 0 Å². The molecule has 1 amide bonds. The molecule has 0 radical (unpaired) electrons. The van der Waals surface area contributed by atoms with Crippen LogP contribution in [-0.2, 0) is 9.53 Å². The average molecular weight is 174 g/mol. The minimum absolute atomic E-state index is 0.0298. The highest BCUT2D eigenvalue weighted by Crippen LogP contribution is 2.12. The van der Waals surface area contributed by atoms with Crippen molar-refractivity contribution >= 4 is 5.91 Å². The second-order valence-electron chi connectivity index (χ2n) is 2.97. The highest BCUT2D eigenvalue weighted by Gasteiger charge is 2.28. The van der Waals surface area contributed by atoms with E-state index in [2.05, 4.69) is 10.8 Å². The summed E-state index contributed by atoms with van der Waals surface area (Å²) in [4.78, 5) is 10.7. The fourth-order valence-electron chi connectivity index (χ4n) is 1.34. The topological polar surface area (TPSA) is 70.6 Å².